The highest BCUT2D eigenvalue weighted by Crippen LogP contribution is 2.30. The van der Waals surface area contributed by atoms with E-state index in [0.717, 1.165) is 35.0 Å². The van der Waals surface area contributed by atoms with Gasteiger partial charge < -0.3 is 9.63 Å². The van der Waals surface area contributed by atoms with Crippen LogP contribution in [0.5, 0.6) is 0 Å². The first-order valence-electron chi connectivity index (χ1n) is 8.82. The number of hydrogen-bond donors (Lipinski definition) is 1. The summed E-state index contributed by atoms with van der Waals surface area (Å²) in [5, 5.41) is 22.3. The van der Waals surface area contributed by atoms with Crippen LogP contribution in [0.4, 0.5) is 0 Å². The van der Waals surface area contributed by atoms with Crippen molar-refractivity contribution in [2.24, 2.45) is 0 Å². The monoisotopic (exact) mass is 362 g/mol. The molecule has 0 spiro atoms. The SMILES string of the molecule is CCCCc1c(C(=O)O)nnn1-c1ccc2noc(-c3ccccc3)c2c1. The first-order valence-corrected chi connectivity index (χ1v) is 8.82. The molecule has 1 N–H and O–H groups in total. The Morgan fingerprint density at radius 3 is 2.74 bits per heavy atom. The predicted octanol–water partition coefficient (Wildman–Crippen LogP) is 4.12. The largest absolute Gasteiger partial charge is 0.476 e. The fourth-order valence-corrected chi connectivity index (χ4v) is 3.10. The van der Waals surface area contributed by atoms with Gasteiger partial charge in [-0.05, 0) is 31.0 Å². The molecular formula is C20H18N4O3. The molecule has 0 aliphatic carbocycles. The zero-order chi connectivity index (χ0) is 18.8. The molecule has 0 unspecified atom stereocenters. The molecule has 4 rings (SSSR count). The maximum Gasteiger partial charge on any atom is 0.358 e. The fourth-order valence-electron chi connectivity index (χ4n) is 3.10. The standard InChI is InChI=1S/C20H18N4O3/c1-2-3-9-17-18(20(25)26)21-23-24(17)14-10-11-16-15(12-14)19(27-22-16)13-7-5-4-6-8-13/h4-8,10-12H,2-3,9H2,1H3,(H,25,26). The number of benzene rings is 2. The van der Waals surface area contributed by atoms with Crippen LogP contribution in [0.3, 0.4) is 0 Å². The molecule has 0 atom stereocenters. The van der Waals surface area contributed by atoms with Gasteiger partial charge in [-0.1, -0.05) is 54.0 Å². The Bertz CT molecular complexity index is 1100. The molecule has 2 heterocycles. The van der Waals surface area contributed by atoms with Crippen LogP contribution < -0.4 is 0 Å². The van der Waals surface area contributed by atoms with Crippen LogP contribution in [-0.4, -0.2) is 31.2 Å². The van der Waals surface area contributed by atoms with Crippen molar-refractivity contribution in [1.29, 1.82) is 0 Å². The lowest BCUT2D eigenvalue weighted by Gasteiger charge is -2.07. The number of carbonyl (C=O) groups is 1. The molecular weight excluding hydrogens is 344 g/mol. The first-order chi connectivity index (χ1) is 13.2. The number of nitrogens with zero attached hydrogens (tertiary/aromatic N) is 4. The van der Waals surface area contributed by atoms with E-state index in [4.69, 9.17) is 4.52 Å². The van der Waals surface area contributed by atoms with Crippen LogP contribution in [0, 0.1) is 0 Å². The molecule has 0 fully saturated rings. The lowest BCUT2D eigenvalue weighted by molar-refractivity contribution is 0.0689. The van der Waals surface area contributed by atoms with E-state index in [2.05, 4.69) is 22.4 Å². The molecule has 2 aromatic carbocycles. The minimum absolute atomic E-state index is 0.00264. The lowest BCUT2D eigenvalue weighted by atomic mass is 10.1. The number of unbranched alkanes of at least 4 members (excludes halogenated alkanes) is 1. The van der Waals surface area contributed by atoms with E-state index in [1.54, 1.807) is 4.68 Å². The van der Waals surface area contributed by atoms with Crippen LogP contribution >= 0.6 is 0 Å². The fraction of sp³-hybridized carbons (Fsp3) is 0.200. The van der Waals surface area contributed by atoms with Gasteiger partial charge in [-0.25, -0.2) is 9.48 Å². The smallest absolute Gasteiger partial charge is 0.358 e. The number of aromatic carboxylic acids is 1. The summed E-state index contributed by atoms with van der Waals surface area (Å²) in [4.78, 5) is 11.5. The maximum atomic E-state index is 11.5. The minimum Gasteiger partial charge on any atom is -0.476 e. The molecule has 27 heavy (non-hydrogen) atoms. The number of carboxylic acid groups (broad SMARTS) is 1. The molecule has 0 bridgehead atoms. The molecule has 0 aliphatic heterocycles. The Morgan fingerprint density at radius 2 is 2.00 bits per heavy atom. The van der Waals surface area contributed by atoms with Gasteiger partial charge in [0.1, 0.15) is 5.52 Å². The van der Waals surface area contributed by atoms with Gasteiger partial charge in [-0.15, -0.1) is 5.10 Å². The van der Waals surface area contributed by atoms with Crippen molar-refractivity contribution in [2.45, 2.75) is 26.2 Å². The highest BCUT2D eigenvalue weighted by atomic mass is 16.5. The molecule has 2 aromatic heterocycles. The molecule has 0 amide bonds. The molecule has 136 valence electrons. The van der Waals surface area contributed by atoms with Crippen molar-refractivity contribution in [3.8, 4) is 17.0 Å². The van der Waals surface area contributed by atoms with E-state index in [1.165, 1.54) is 0 Å². The molecule has 4 aromatic rings. The van der Waals surface area contributed by atoms with Gasteiger partial charge >= 0.3 is 5.97 Å². The third-order valence-corrected chi connectivity index (χ3v) is 4.47. The van der Waals surface area contributed by atoms with Crippen molar-refractivity contribution < 1.29 is 14.4 Å². The molecule has 0 saturated carbocycles. The van der Waals surface area contributed by atoms with E-state index in [0.29, 0.717) is 17.9 Å². The topological polar surface area (TPSA) is 94.0 Å². The van der Waals surface area contributed by atoms with Gasteiger partial charge in [0.2, 0.25) is 0 Å². The average molecular weight is 362 g/mol. The second-order valence-electron chi connectivity index (χ2n) is 6.28. The zero-order valence-electron chi connectivity index (χ0n) is 14.8. The van der Waals surface area contributed by atoms with Crippen LogP contribution in [-0.2, 0) is 6.42 Å². The molecule has 7 nitrogen and oxygen atoms in total. The normalized spacial score (nSPS) is 11.1. The number of aromatic nitrogens is 4. The zero-order valence-corrected chi connectivity index (χ0v) is 14.8. The number of carboxylic acids is 1. The van der Waals surface area contributed by atoms with Crippen molar-refractivity contribution in [3.63, 3.8) is 0 Å². The lowest BCUT2D eigenvalue weighted by Crippen LogP contribution is -2.07. The number of fused-ring (bicyclic) bond motifs is 1. The van der Waals surface area contributed by atoms with Gasteiger partial charge in [-0.3, -0.25) is 0 Å². The van der Waals surface area contributed by atoms with Crippen molar-refractivity contribution >= 4 is 16.9 Å². The molecule has 0 radical (unpaired) electrons. The summed E-state index contributed by atoms with van der Waals surface area (Å²) < 4.78 is 7.14. The summed E-state index contributed by atoms with van der Waals surface area (Å²) in [6, 6.07) is 15.3. The van der Waals surface area contributed by atoms with Crippen molar-refractivity contribution in [1.82, 2.24) is 20.2 Å². The number of rotatable bonds is 6. The van der Waals surface area contributed by atoms with Crippen molar-refractivity contribution in [3.05, 3.63) is 59.9 Å². The van der Waals surface area contributed by atoms with E-state index in [-0.39, 0.29) is 5.69 Å². The Kier molecular flexibility index (Phi) is 4.42. The highest BCUT2D eigenvalue weighted by molar-refractivity contribution is 5.93. The third-order valence-electron chi connectivity index (χ3n) is 4.47. The quantitative estimate of drug-likeness (QED) is 0.554. The predicted molar refractivity (Wildman–Crippen MR) is 99.9 cm³/mol. The summed E-state index contributed by atoms with van der Waals surface area (Å²) in [5.41, 5.74) is 2.98. The van der Waals surface area contributed by atoms with E-state index < -0.39 is 5.97 Å². The average Bonchev–Trinajstić information content (AvgIpc) is 3.30. The van der Waals surface area contributed by atoms with Gasteiger partial charge in [0, 0.05) is 5.56 Å². The van der Waals surface area contributed by atoms with Gasteiger partial charge in [-0.2, -0.15) is 0 Å². The summed E-state index contributed by atoms with van der Waals surface area (Å²) in [6.45, 7) is 2.06. The Hall–Kier alpha value is -3.48. The Morgan fingerprint density at radius 1 is 1.19 bits per heavy atom. The molecule has 0 saturated heterocycles. The molecule has 7 heteroatoms. The molecule has 0 aliphatic rings. The summed E-state index contributed by atoms with van der Waals surface area (Å²) in [7, 11) is 0. The maximum absolute atomic E-state index is 11.5. The van der Waals surface area contributed by atoms with E-state index in [1.807, 2.05) is 48.5 Å². The Balaban J connectivity index is 1.84. The summed E-state index contributed by atoms with van der Waals surface area (Å²) in [6.07, 6.45) is 2.41. The van der Waals surface area contributed by atoms with Crippen LogP contribution in [0.15, 0.2) is 53.1 Å². The highest BCUT2D eigenvalue weighted by Gasteiger charge is 2.20. The van der Waals surface area contributed by atoms with E-state index in [9.17, 15) is 9.90 Å². The van der Waals surface area contributed by atoms with Gasteiger partial charge in [0.15, 0.2) is 11.5 Å². The second-order valence-corrected chi connectivity index (χ2v) is 6.28. The minimum atomic E-state index is -1.07. The van der Waals surface area contributed by atoms with Crippen molar-refractivity contribution in [2.75, 3.05) is 0 Å². The summed E-state index contributed by atoms with van der Waals surface area (Å²) in [5.74, 6) is -0.399. The van der Waals surface area contributed by atoms with Gasteiger partial charge in [0.05, 0.1) is 16.8 Å². The Labute approximate surface area is 155 Å². The van der Waals surface area contributed by atoms with Crippen LogP contribution in [0.1, 0.15) is 35.9 Å². The third kappa shape index (κ3) is 3.08. The second kappa shape index (κ2) is 7.03. The van der Waals surface area contributed by atoms with E-state index >= 15 is 0 Å². The van der Waals surface area contributed by atoms with Gasteiger partial charge in [0.25, 0.3) is 0 Å². The van der Waals surface area contributed by atoms with Crippen LogP contribution in [0.2, 0.25) is 0 Å². The number of hydrogen-bond acceptors (Lipinski definition) is 5. The van der Waals surface area contributed by atoms with Crippen LogP contribution in [0.25, 0.3) is 27.9 Å². The first kappa shape index (κ1) is 17.0. The summed E-state index contributed by atoms with van der Waals surface area (Å²) >= 11 is 0.